The van der Waals surface area contributed by atoms with Crippen molar-refractivity contribution in [2.24, 2.45) is 0 Å². The van der Waals surface area contributed by atoms with E-state index in [1.165, 1.54) is 18.2 Å². The molecule has 1 aromatic heterocycles. The van der Waals surface area contributed by atoms with Gasteiger partial charge < -0.3 is 10.1 Å². The van der Waals surface area contributed by atoms with E-state index >= 15 is 0 Å². The van der Waals surface area contributed by atoms with E-state index in [0.29, 0.717) is 29.0 Å². The van der Waals surface area contributed by atoms with Crippen molar-refractivity contribution in [3.05, 3.63) is 53.6 Å². The highest BCUT2D eigenvalue weighted by molar-refractivity contribution is 5.99. The van der Waals surface area contributed by atoms with Crippen LogP contribution >= 0.6 is 0 Å². The highest BCUT2D eigenvalue weighted by atomic mass is 19.4. The minimum absolute atomic E-state index is 0.0425. The molecule has 0 aliphatic heterocycles. The summed E-state index contributed by atoms with van der Waals surface area (Å²) in [6.07, 6.45) is -2.62. The Morgan fingerprint density at radius 2 is 2.00 bits per heavy atom. The van der Waals surface area contributed by atoms with E-state index in [4.69, 9.17) is 4.74 Å². The van der Waals surface area contributed by atoms with Gasteiger partial charge in [0.15, 0.2) is 5.82 Å². The van der Waals surface area contributed by atoms with E-state index in [9.17, 15) is 18.0 Å². The average molecular weight is 406 g/mol. The Bertz CT molecular complexity index is 985. The maximum atomic E-state index is 13.1. The van der Waals surface area contributed by atoms with Gasteiger partial charge in [-0.05, 0) is 30.7 Å². The monoisotopic (exact) mass is 406 g/mol. The first-order chi connectivity index (χ1) is 13.9. The number of rotatable bonds is 7. The quantitative estimate of drug-likeness (QED) is 0.479. The first-order valence-electron chi connectivity index (χ1n) is 9.19. The Labute approximate surface area is 165 Å². The van der Waals surface area contributed by atoms with Gasteiger partial charge in [0.25, 0.3) is 0 Å². The number of alkyl halides is 3. The van der Waals surface area contributed by atoms with Gasteiger partial charge in [0.1, 0.15) is 12.4 Å². The summed E-state index contributed by atoms with van der Waals surface area (Å²) in [6, 6.07) is 9.84. The molecule has 9 heteroatoms. The lowest BCUT2D eigenvalue weighted by Gasteiger charge is -2.13. The average Bonchev–Trinajstić information content (AvgIpc) is 3.08. The lowest BCUT2D eigenvalue weighted by molar-refractivity contribution is -0.138. The summed E-state index contributed by atoms with van der Waals surface area (Å²) in [5, 5.41) is 12.8. The van der Waals surface area contributed by atoms with Crippen LogP contribution in [-0.2, 0) is 12.8 Å². The lowest BCUT2D eigenvalue weighted by Crippen LogP contribution is -2.29. The number of amides is 2. The number of hydrogen-bond acceptors (Lipinski definition) is 3. The molecule has 29 heavy (non-hydrogen) atoms. The number of H-pyrrole nitrogens is 1. The lowest BCUT2D eigenvalue weighted by atomic mass is 10.1. The Morgan fingerprint density at radius 1 is 1.21 bits per heavy atom. The molecule has 0 atom stereocenters. The number of ether oxygens (including phenoxy) is 1. The molecule has 0 unspecified atom stereocenters. The molecule has 0 fully saturated rings. The Hall–Kier alpha value is -3.23. The molecular weight excluding hydrogens is 385 g/mol. The van der Waals surface area contributed by atoms with E-state index in [1.54, 1.807) is 18.2 Å². The fraction of sp³-hybridized carbons (Fsp3) is 0.300. The molecule has 3 rings (SSSR count). The standard InChI is InChI=1S/C20H21F3N4O2/c1-2-3-10-24-19(28)25-18-15-11-14(8-9-17(15)26-27-18)29-12-13-6-4-5-7-16(13)20(21,22)23/h4-9,11H,2-3,10,12H2,1H3,(H3,24,25,26,27,28). The third kappa shape index (κ3) is 5.18. The molecule has 0 aliphatic carbocycles. The molecule has 0 radical (unpaired) electrons. The van der Waals surface area contributed by atoms with Crippen molar-refractivity contribution in [3.8, 4) is 5.75 Å². The van der Waals surface area contributed by atoms with Crippen LogP contribution in [-0.4, -0.2) is 22.8 Å². The number of aromatic amines is 1. The zero-order valence-corrected chi connectivity index (χ0v) is 15.8. The number of anilines is 1. The molecule has 2 amide bonds. The van der Waals surface area contributed by atoms with Crippen LogP contribution < -0.4 is 15.4 Å². The van der Waals surface area contributed by atoms with E-state index < -0.39 is 11.7 Å². The molecular formula is C20H21F3N4O2. The van der Waals surface area contributed by atoms with Crippen molar-refractivity contribution >= 4 is 22.8 Å². The van der Waals surface area contributed by atoms with Gasteiger partial charge in [0.2, 0.25) is 0 Å². The first-order valence-corrected chi connectivity index (χ1v) is 9.19. The molecule has 0 saturated carbocycles. The zero-order chi connectivity index (χ0) is 20.9. The highest BCUT2D eigenvalue weighted by Gasteiger charge is 2.32. The van der Waals surface area contributed by atoms with Gasteiger partial charge in [-0.1, -0.05) is 31.5 Å². The Balaban J connectivity index is 1.73. The summed E-state index contributed by atoms with van der Waals surface area (Å²) in [5.74, 6) is 0.681. The molecule has 6 nitrogen and oxygen atoms in total. The first kappa shape index (κ1) is 20.5. The van der Waals surface area contributed by atoms with Crippen LogP contribution in [0.3, 0.4) is 0 Å². The van der Waals surface area contributed by atoms with Gasteiger partial charge in [-0.15, -0.1) is 0 Å². The molecule has 154 valence electrons. The van der Waals surface area contributed by atoms with E-state index in [2.05, 4.69) is 20.8 Å². The Kier molecular flexibility index (Phi) is 6.26. The summed E-state index contributed by atoms with van der Waals surface area (Å²) in [4.78, 5) is 11.9. The van der Waals surface area contributed by atoms with Gasteiger partial charge in [0, 0.05) is 17.5 Å². The smallest absolute Gasteiger partial charge is 0.416 e. The van der Waals surface area contributed by atoms with Crippen LogP contribution in [0, 0.1) is 0 Å². The van der Waals surface area contributed by atoms with Crippen LogP contribution in [0.4, 0.5) is 23.8 Å². The number of unbranched alkanes of at least 4 members (excludes halogenated alkanes) is 1. The number of hydrogen-bond donors (Lipinski definition) is 3. The van der Waals surface area contributed by atoms with Gasteiger partial charge in [-0.3, -0.25) is 10.4 Å². The number of aromatic nitrogens is 2. The van der Waals surface area contributed by atoms with Crippen LogP contribution in [0.2, 0.25) is 0 Å². The largest absolute Gasteiger partial charge is 0.489 e. The molecule has 2 aromatic carbocycles. The van der Waals surface area contributed by atoms with E-state index in [0.717, 1.165) is 18.9 Å². The van der Waals surface area contributed by atoms with Crippen molar-refractivity contribution in [1.82, 2.24) is 15.5 Å². The van der Waals surface area contributed by atoms with Crippen LogP contribution in [0.25, 0.3) is 10.9 Å². The predicted octanol–water partition coefficient (Wildman–Crippen LogP) is 5.08. The molecule has 0 aliphatic rings. The van der Waals surface area contributed by atoms with Crippen molar-refractivity contribution in [2.45, 2.75) is 32.5 Å². The number of fused-ring (bicyclic) bond motifs is 1. The van der Waals surface area contributed by atoms with Gasteiger partial charge in [0.05, 0.1) is 11.1 Å². The minimum Gasteiger partial charge on any atom is -0.489 e. The van der Waals surface area contributed by atoms with Crippen LogP contribution in [0.5, 0.6) is 5.75 Å². The third-order valence-corrected chi connectivity index (χ3v) is 4.30. The number of nitrogens with one attached hydrogen (secondary N) is 3. The summed E-state index contributed by atoms with van der Waals surface area (Å²) < 4.78 is 44.9. The highest BCUT2D eigenvalue weighted by Crippen LogP contribution is 2.32. The van der Waals surface area contributed by atoms with Crippen LogP contribution in [0.1, 0.15) is 30.9 Å². The normalized spacial score (nSPS) is 11.4. The summed E-state index contributed by atoms with van der Waals surface area (Å²) in [7, 11) is 0. The van der Waals surface area contributed by atoms with E-state index in [-0.39, 0.29) is 18.2 Å². The fourth-order valence-electron chi connectivity index (χ4n) is 2.79. The zero-order valence-electron chi connectivity index (χ0n) is 15.8. The Morgan fingerprint density at radius 3 is 2.76 bits per heavy atom. The molecule has 0 bridgehead atoms. The SMILES string of the molecule is CCCCNC(=O)Nc1n[nH]c2ccc(OCc3ccccc3C(F)(F)F)cc12. The maximum absolute atomic E-state index is 13.1. The number of benzene rings is 2. The molecule has 1 heterocycles. The predicted molar refractivity (Wildman–Crippen MR) is 104 cm³/mol. The van der Waals surface area contributed by atoms with E-state index in [1.807, 2.05) is 6.92 Å². The summed E-state index contributed by atoms with van der Waals surface area (Å²) in [6.45, 7) is 2.34. The van der Waals surface area contributed by atoms with Crippen molar-refractivity contribution in [2.75, 3.05) is 11.9 Å². The molecule has 3 N–H and O–H groups in total. The number of halogens is 3. The van der Waals surface area contributed by atoms with Gasteiger partial charge in [-0.25, -0.2) is 4.79 Å². The van der Waals surface area contributed by atoms with Crippen LogP contribution in [0.15, 0.2) is 42.5 Å². The third-order valence-electron chi connectivity index (χ3n) is 4.30. The van der Waals surface area contributed by atoms with Gasteiger partial charge >= 0.3 is 12.2 Å². The number of urea groups is 1. The second-order valence-corrected chi connectivity index (χ2v) is 6.46. The minimum atomic E-state index is -4.45. The molecule has 3 aromatic rings. The second-order valence-electron chi connectivity index (χ2n) is 6.46. The maximum Gasteiger partial charge on any atom is 0.416 e. The van der Waals surface area contributed by atoms with Gasteiger partial charge in [-0.2, -0.15) is 18.3 Å². The van der Waals surface area contributed by atoms with Crippen molar-refractivity contribution in [3.63, 3.8) is 0 Å². The topological polar surface area (TPSA) is 79.0 Å². The number of carbonyl (C=O) groups is 1. The summed E-state index contributed by atoms with van der Waals surface area (Å²) >= 11 is 0. The molecule has 0 spiro atoms. The number of carbonyl (C=O) groups excluding carboxylic acids is 1. The number of nitrogens with zero attached hydrogens (tertiary/aromatic N) is 1. The fourth-order valence-corrected chi connectivity index (χ4v) is 2.79. The second kappa shape index (κ2) is 8.85. The molecule has 0 saturated heterocycles. The van der Waals surface area contributed by atoms with Crippen molar-refractivity contribution < 1.29 is 22.7 Å². The van der Waals surface area contributed by atoms with Crippen molar-refractivity contribution in [1.29, 1.82) is 0 Å². The summed E-state index contributed by atoms with van der Waals surface area (Å²) in [5.41, 5.74) is -0.0201.